The lowest BCUT2D eigenvalue weighted by Crippen LogP contribution is -2.11. The molecule has 5 rings (SSSR count). The molecule has 1 aliphatic carbocycles. The van der Waals surface area contributed by atoms with Crippen LogP contribution in [0.3, 0.4) is 0 Å². The zero-order chi connectivity index (χ0) is 28.3. The highest BCUT2D eigenvalue weighted by Crippen LogP contribution is 2.30. The van der Waals surface area contributed by atoms with Crippen molar-refractivity contribution in [2.75, 3.05) is 0 Å². The monoisotopic (exact) mass is 520 g/mol. The minimum Gasteiger partial charge on any atom is -0.0616 e. The smallest absolute Gasteiger partial charge is 0.0132 e. The van der Waals surface area contributed by atoms with Gasteiger partial charge in [0.15, 0.2) is 0 Å². The van der Waals surface area contributed by atoms with Crippen molar-refractivity contribution in [3.63, 3.8) is 0 Å². The number of fused-ring (bicyclic) bond motifs is 4. The van der Waals surface area contributed by atoms with Crippen LogP contribution < -0.4 is 0 Å². The van der Waals surface area contributed by atoms with Crippen LogP contribution in [0.4, 0.5) is 0 Å². The van der Waals surface area contributed by atoms with E-state index in [0.717, 1.165) is 0 Å². The molecule has 0 aliphatic heterocycles. The zero-order valence-electron chi connectivity index (χ0n) is 24.7. The lowest BCUT2D eigenvalue weighted by atomic mass is 9.84. The van der Waals surface area contributed by atoms with Gasteiger partial charge in [-0.25, -0.2) is 0 Å². The van der Waals surface area contributed by atoms with E-state index in [-0.39, 0.29) is 10.8 Å². The Morgan fingerprint density at radius 3 is 0.825 bits per heavy atom. The van der Waals surface area contributed by atoms with Crippen LogP contribution in [0.5, 0.6) is 0 Å². The number of benzene rings is 4. The maximum atomic E-state index is 2.34. The van der Waals surface area contributed by atoms with E-state index in [0.29, 0.717) is 0 Å². The molecule has 200 valence electrons. The summed E-state index contributed by atoms with van der Waals surface area (Å²) >= 11 is 0. The van der Waals surface area contributed by atoms with E-state index >= 15 is 0 Å². The van der Waals surface area contributed by atoms with Gasteiger partial charge in [0.05, 0.1) is 0 Å². The Bertz CT molecular complexity index is 1510. The molecule has 40 heavy (non-hydrogen) atoms. The Hall–Kier alpha value is -4.16. The summed E-state index contributed by atoms with van der Waals surface area (Å²) in [4.78, 5) is 0. The molecule has 4 aromatic carbocycles. The summed E-state index contributed by atoms with van der Waals surface area (Å²) in [5.41, 5.74) is 12.5. The van der Waals surface area contributed by atoms with Crippen molar-refractivity contribution in [1.29, 1.82) is 0 Å². The average molecular weight is 521 g/mol. The summed E-state index contributed by atoms with van der Waals surface area (Å²) in [7, 11) is 0. The summed E-state index contributed by atoms with van der Waals surface area (Å²) in [5, 5.41) is 0. The van der Waals surface area contributed by atoms with Crippen LogP contribution >= 0.6 is 0 Å². The summed E-state index contributed by atoms with van der Waals surface area (Å²) in [5.74, 6) is 0. The highest BCUT2D eigenvalue weighted by atomic mass is 14.2. The van der Waals surface area contributed by atoms with Crippen LogP contribution in [0.2, 0.25) is 0 Å². The topological polar surface area (TPSA) is 0 Å². The standard InChI is InChI=1S/C40H40/c1-39(2,3)37-25-23-33-17-15-29-11-7-8-12-30(29)16-18-34-24-26-38(40(4,5)6)28-36(34)22-20-32-14-10-9-13-31(32)19-21-35(33)27-37/h7-28H,1-6H3/b17-15+,18-16+,21-19+,22-20+,29-15?,30-16?,31-19?,32-20?,33-17?,34-18?,35-21?,36-22?. The lowest BCUT2D eigenvalue weighted by molar-refractivity contribution is 0.590. The summed E-state index contributed by atoms with van der Waals surface area (Å²) < 4.78 is 0. The quantitative estimate of drug-likeness (QED) is 0.190. The minimum atomic E-state index is 0.0825. The van der Waals surface area contributed by atoms with Crippen molar-refractivity contribution in [2.24, 2.45) is 0 Å². The predicted molar refractivity (Wildman–Crippen MR) is 179 cm³/mol. The number of hydrogen-bond acceptors (Lipinski definition) is 0. The van der Waals surface area contributed by atoms with Gasteiger partial charge < -0.3 is 0 Å². The van der Waals surface area contributed by atoms with Crippen LogP contribution in [-0.4, -0.2) is 0 Å². The van der Waals surface area contributed by atoms with Gasteiger partial charge in [-0.15, -0.1) is 0 Å². The molecule has 0 nitrogen and oxygen atoms in total. The molecule has 0 bridgehead atoms. The number of hydrogen-bond donors (Lipinski definition) is 0. The molecule has 0 spiro atoms. The van der Waals surface area contributed by atoms with E-state index in [1.54, 1.807) is 0 Å². The van der Waals surface area contributed by atoms with Crippen LogP contribution in [0.1, 0.15) is 97.2 Å². The van der Waals surface area contributed by atoms with Gasteiger partial charge in [-0.2, -0.15) is 0 Å². The first-order chi connectivity index (χ1) is 19.1. The van der Waals surface area contributed by atoms with Crippen LogP contribution in [-0.2, 0) is 10.8 Å². The van der Waals surface area contributed by atoms with E-state index in [2.05, 4.69) is 175 Å². The SMILES string of the molecule is CC(C)(C)c1ccc2c(c1)/C=C/c1ccccc1/C=C/c1cc(C(C)(C)C)ccc1/C=C/c1ccccc1/C=C/2. The second-order valence-corrected chi connectivity index (χ2v) is 12.8. The third-order valence-corrected chi connectivity index (χ3v) is 7.67. The van der Waals surface area contributed by atoms with Gasteiger partial charge in [-0.3, -0.25) is 0 Å². The van der Waals surface area contributed by atoms with Gasteiger partial charge in [0.2, 0.25) is 0 Å². The fourth-order valence-corrected chi connectivity index (χ4v) is 5.02. The van der Waals surface area contributed by atoms with Crippen molar-refractivity contribution < 1.29 is 0 Å². The summed E-state index contributed by atoms with van der Waals surface area (Å²) in [6.45, 7) is 13.6. The molecule has 0 saturated carbocycles. The first kappa shape index (κ1) is 27.4. The van der Waals surface area contributed by atoms with E-state index < -0.39 is 0 Å². The van der Waals surface area contributed by atoms with Crippen molar-refractivity contribution in [1.82, 2.24) is 0 Å². The molecular formula is C40H40. The van der Waals surface area contributed by atoms with E-state index in [1.165, 1.54) is 55.6 Å². The third-order valence-electron chi connectivity index (χ3n) is 7.67. The molecular weight excluding hydrogens is 480 g/mol. The molecule has 0 radical (unpaired) electrons. The van der Waals surface area contributed by atoms with E-state index in [9.17, 15) is 0 Å². The predicted octanol–water partition coefficient (Wildman–Crippen LogP) is 11.3. The molecule has 0 unspecified atom stereocenters. The van der Waals surface area contributed by atoms with Crippen molar-refractivity contribution in [3.05, 3.63) is 141 Å². The Morgan fingerprint density at radius 2 is 0.550 bits per heavy atom. The normalized spacial score (nSPS) is 16.6. The Balaban J connectivity index is 1.72. The van der Waals surface area contributed by atoms with Crippen molar-refractivity contribution >= 4 is 48.6 Å². The van der Waals surface area contributed by atoms with Gasteiger partial charge in [-0.05, 0) is 66.5 Å². The third kappa shape index (κ3) is 6.35. The Kier molecular flexibility index (Phi) is 7.63. The van der Waals surface area contributed by atoms with E-state index in [4.69, 9.17) is 0 Å². The fraction of sp³-hybridized carbons (Fsp3) is 0.200. The first-order valence-electron chi connectivity index (χ1n) is 14.3. The van der Waals surface area contributed by atoms with Crippen LogP contribution in [0.25, 0.3) is 48.6 Å². The second-order valence-electron chi connectivity index (χ2n) is 12.8. The molecule has 1 aliphatic rings. The number of rotatable bonds is 0. The van der Waals surface area contributed by atoms with Crippen molar-refractivity contribution in [2.45, 2.75) is 52.4 Å². The first-order valence-corrected chi connectivity index (χ1v) is 14.3. The summed E-state index contributed by atoms with van der Waals surface area (Å²) in [6, 6.07) is 31.0. The molecule has 0 aromatic heterocycles. The summed E-state index contributed by atoms with van der Waals surface area (Å²) in [6.07, 6.45) is 18.0. The molecule has 0 heterocycles. The Morgan fingerprint density at radius 1 is 0.300 bits per heavy atom. The average Bonchev–Trinajstić information content (AvgIpc) is 2.92. The highest BCUT2D eigenvalue weighted by Gasteiger charge is 2.16. The molecule has 0 N–H and O–H groups in total. The fourth-order valence-electron chi connectivity index (χ4n) is 5.02. The van der Waals surface area contributed by atoms with Gasteiger partial charge in [-0.1, -0.05) is 175 Å². The molecule has 0 atom stereocenters. The largest absolute Gasteiger partial charge is 0.0616 e. The molecule has 0 fully saturated rings. The molecule has 0 saturated heterocycles. The minimum absolute atomic E-state index is 0.0825. The second kappa shape index (κ2) is 11.1. The Labute approximate surface area is 241 Å². The van der Waals surface area contributed by atoms with Crippen LogP contribution in [0.15, 0.2) is 84.9 Å². The van der Waals surface area contributed by atoms with Gasteiger partial charge in [0, 0.05) is 0 Å². The van der Waals surface area contributed by atoms with Crippen molar-refractivity contribution in [3.8, 4) is 0 Å². The van der Waals surface area contributed by atoms with Crippen LogP contribution in [0, 0.1) is 0 Å². The lowest BCUT2D eigenvalue weighted by Gasteiger charge is -2.20. The van der Waals surface area contributed by atoms with Gasteiger partial charge in [0.1, 0.15) is 0 Å². The maximum absolute atomic E-state index is 2.34. The van der Waals surface area contributed by atoms with Gasteiger partial charge in [0.25, 0.3) is 0 Å². The molecule has 0 heteroatoms. The highest BCUT2D eigenvalue weighted by molar-refractivity contribution is 5.87. The molecule has 0 amide bonds. The van der Waals surface area contributed by atoms with E-state index in [1.807, 2.05) is 0 Å². The maximum Gasteiger partial charge on any atom is -0.0132 e. The molecule has 4 aromatic rings. The van der Waals surface area contributed by atoms with Gasteiger partial charge >= 0.3 is 0 Å². The zero-order valence-corrected chi connectivity index (χ0v) is 24.7.